The van der Waals surface area contributed by atoms with Crippen LogP contribution < -0.4 is 9.64 Å². The Morgan fingerprint density at radius 2 is 1.97 bits per heavy atom. The standard InChI is InChI=1S/C24H22ClFN4O2/c1-17-15-29(11-12-30(17)24(31)10-7-18-5-3-2-4-6-18)22-14-23(28-16-27-22)32-21-9-8-19(26)13-20(21)25/h2-10,13-14,16-17H,11-12,15H2,1H3/b10-7+/t17-/m1/s1. The molecule has 4 rings (SSSR count). The number of ether oxygens (including phenoxy) is 1. The highest BCUT2D eigenvalue weighted by molar-refractivity contribution is 6.32. The molecule has 0 radical (unpaired) electrons. The molecule has 1 atom stereocenters. The normalized spacial score (nSPS) is 16.4. The Hall–Kier alpha value is -3.45. The van der Waals surface area contributed by atoms with Gasteiger partial charge in [0.1, 0.15) is 23.7 Å². The second-order valence-corrected chi connectivity index (χ2v) is 7.87. The van der Waals surface area contributed by atoms with Crippen molar-refractivity contribution in [2.75, 3.05) is 24.5 Å². The molecule has 6 nitrogen and oxygen atoms in total. The summed E-state index contributed by atoms with van der Waals surface area (Å²) in [5, 5.41) is 0.162. The van der Waals surface area contributed by atoms with E-state index < -0.39 is 5.82 Å². The van der Waals surface area contributed by atoms with Gasteiger partial charge in [0.05, 0.1) is 5.02 Å². The molecule has 0 bridgehead atoms. The fourth-order valence-corrected chi connectivity index (χ4v) is 3.76. The van der Waals surface area contributed by atoms with Crippen molar-refractivity contribution >= 4 is 29.4 Å². The molecule has 1 amide bonds. The van der Waals surface area contributed by atoms with Gasteiger partial charge in [0.15, 0.2) is 0 Å². The highest BCUT2D eigenvalue weighted by Crippen LogP contribution is 2.30. The van der Waals surface area contributed by atoms with Crippen LogP contribution in [0, 0.1) is 5.82 Å². The van der Waals surface area contributed by atoms with E-state index in [1.807, 2.05) is 48.2 Å². The summed E-state index contributed by atoms with van der Waals surface area (Å²) in [4.78, 5) is 25.1. The van der Waals surface area contributed by atoms with Gasteiger partial charge in [-0.25, -0.2) is 14.4 Å². The lowest BCUT2D eigenvalue weighted by Crippen LogP contribution is -2.54. The Morgan fingerprint density at radius 1 is 1.16 bits per heavy atom. The highest BCUT2D eigenvalue weighted by atomic mass is 35.5. The van der Waals surface area contributed by atoms with Gasteiger partial charge >= 0.3 is 0 Å². The minimum Gasteiger partial charge on any atom is -0.437 e. The molecular weight excluding hydrogens is 431 g/mol. The fourth-order valence-electron chi connectivity index (χ4n) is 3.55. The first kappa shape index (κ1) is 21.8. The summed E-state index contributed by atoms with van der Waals surface area (Å²) in [7, 11) is 0. The molecular formula is C24H22ClFN4O2. The van der Waals surface area contributed by atoms with Crippen molar-refractivity contribution in [3.05, 3.63) is 83.4 Å². The first-order chi connectivity index (χ1) is 15.5. The van der Waals surface area contributed by atoms with Crippen molar-refractivity contribution in [1.29, 1.82) is 0 Å². The minimum absolute atomic E-state index is 0.00236. The lowest BCUT2D eigenvalue weighted by molar-refractivity contribution is -0.128. The molecule has 1 fully saturated rings. The third-order valence-corrected chi connectivity index (χ3v) is 5.48. The Labute approximate surface area is 190 Å². The van der Waals surface area contributed by atoms with E-state index in [0.29, 0.717) is 37.1 Å². The summed E-state index contributed by atoms with van der Waals surface area (Å²) in [6, 6.07) is 15.4. The first-order valence-corrected chi connectivity index (χ1v) is 10.6. The SMILES string of the molecule is C[C@@H]1CN(c2cc(Oc3ccc(F)cc3Cl)ncn2)CCN1C(=O)/C=C/c1ccccc1. The number of halogens is 2. The average molecular weight is 453 g/mol. The summed E-state index contributed by atoms with van der Waals surface area (Å²) in [6.07, 6.45) is 4.85. The third kappa shape index (κ3) is 5.23. The topological polar surface area (TPSA) is 58.6 Å². The van der Waals surface area contributed by atoms with Crippen LogP contribution in [0.5, 0.6) is 11.6 Å². The van der Waals surface area contributed by atoms with Crippen LogP contribution in [-0.4, -0.2) is 46.5 Å². The van der Waals surface area contributed by atoms with Gasteiger partial charge in [-0.1, -0.05) is 41.9 Å². The Morgan fingerprint density at radius 3 is 2.72 bits per heavy atom. The van der Waals surface area contributed by atoms with Gasteiger partial charge in [0.2, 0.25) is 11.8 Å². The van der Waals surface area contributed by atoms with Crippen molar-refractivity contribution in [3.8, 4) is 11.6 Å². The zero-order chi connectivity index (χ0) is 22.5. The van der Waals surface area contributed by atoms with Gasteiger partial charge in [-0.3, -0.25) is 4.79 Å². The van der Waals surface area contributed by atoms with Crippen LogP contribution in [-0.2, 0) is 4.79 Å². The maximum Gasteiger partial charge on any atom is 0.246 e. The molecule has 32 heavy (non-hydrogen) atoms. The molecule has 1 saturated heterocycles. The smallest absolute Gasteiger partial charge is 0.246 e. The molecule has 0 saturated carbocycles. The van der Waals surface area contributed by atoms with E-state index in [0.717, 1.165) is 5.56 Å². The lowest BCUT2D eigenvalue weighted by Gasteiger charge is -2.40. The van der Waals surface area contributed by atoms with E-state index >= 15 is 0 Å². The Kier molecular flexibility index (Phi) is 6.66. The largest absolute Gasteiger partial charge is 0.437 e. The highest BCUT2D eigenvalue weighted by Gasteiger charge is 2.27. The summed E-state index contributed by atoms with van der Waals surface area (Å²) < 4.78 is 19.0. The number of carbonyl (C=O) groups is 1. The van der Waals surface area contributed by atoms with Gasteiger partial charge in [0, 0.05) is 37.8 Å². The predicted molar refractivity (Wildman–Crippen MR) is 122 cm³/mol. The lowest BCUT2D eigenvalue weighted by atomic mass is 10.1. The average Bonchev–Trinajstić information content (AvgIpc) is 2.80. The van der Waals surface area contributed by atoms with Gasteiger partial charge in [-0.15, -0.1) is 0 Å². The van der Waals surface area contributed by atoms with E-state index in [9.17, 15) is 9.18 Å². The molecule has 3 aromatic rings. The summed E-state index contributed by atoms with van der Waals surface area (Å²) in [5.41, 5.74) is 0.988. The van der Waals surface area contributed by atoms with Gasteiger partial charge in [-0.05, 0) is 36.8 Å². The van der Waals surface area contributed by atoms with Crippen molar-refractivity contribution in [3.63, 3.8) is 0 Å². The number of nitrogens with zero attached hydrogens (tertiary/aromatic N) is 4. The number of aromatic nitrogens is 2. The number of hydrogen-bond donors (Lipinski definition) is 0. The van der Waals surface area contributed by atoms with E-state index in [1.54, 1.807) is 12.1 Å². The molecule has 1 aliphatic rings. The molecule has 0 aliphatic carbocycles. The molecule has 0 unspecified atom stereocenters. The number of anilines is 1. The molecule has 2 heterocycles. The van der Waals surface area contributed by atoms with Crippen LogP contribution in [0.25, 0.3) is 6.08 Å². The number of piperazine rings is 1. The quantitative estimate of drug-likeness (QED) is 0.520. The number of hydrogen-bond acceptors (Lipinski definition) is 5. The minimum atomic E-state index is -0.439. The zero-order valence-electron chi connectivity index (χ0n) is 17.5. The predicted octanol–water partition coefficient (Wildman–Crippen LogP) is 4.81. The number of amides is 1. The molecule has 1 aromatic heterocycles. The van der Waals surface area contributed by atoms with E-state index in [2.05, 4.69) is 14.9 Å². The maximum absolute atomic E-state index is 13.2. The Balaban J connectivity index is 1.40. The monoisotopic (exact) mass is 452 g/mol. The van der Waals surface area contributed by atoms with Crippen LogP contribution in [0.2, 0.25) is 5.02 Å². The van der Waals surface area contributed by atoms with Crippen molar-refractivity contribution in [1.82, 2.24) is 14.9 Å². The van der Waals surface area contributed by atoms with Gasteiger partial charge < -0.3 is 14.5 Å². The fraction of sp³-hybridized carbons (Fsp3) is 0.208. The number of benzene rings is 2. The molecule has 0 N–H and O–H groups in total. The van der Waals surface area contributed by atoms with Crippen LogP contribution in [0.4, 0.5) is 10.2 Å². The Bertz CT molecular complexity index is 1130. The van der Waals surface area contributed by atoms with Crippen LogP contribution >= 0.6 is 11.6 Å². The van der Waals surface area contributed by atoms with Crippen molar-refractivity contribution in [2.45, 2.75) is 13.0 Å². The van der Waals surface area contributed by atoms with E-state index in [4.69, 9.17) is 16.3 Å². The molecule has 0 spiro atoms. The molecule has 2 aromatic carbocycles. The van der Waals surface area contributed by atoms with E-state index in [1.165, 1.54) is 24.5 Å². The van der Waals surface area contributed by atoms with Gasteiger partial charge in [-0.2, -0.15) is 0 Å². The molecule has 1 aliphatic heterocycles. The first-order valence-electron chi connectivity index (χ1n) is 10.2. The maximum atomic E-state index is 13.2. The van der Waals surface area contributed by atoms with Crippen molar-refractivity contribution < 1.29 is 13.9 Å². The van der Waals surface area contributed by atoms with Crippen LogP contribution in [0.15, 0.2) is 67.0 Å². The number of rotatable bonds is 5. The molecule has 164 valence electrons. The summed E-state index contributed by atoms with van der Waals surface area (Å²) in [5.74, 6) is 0.851. The van der Waals surface area contributed by atoms with E-state index in [-0.39, 0.29) is 17.0 Å². The number of carbonyl (C=O) groups excluding carboxylic acids is 1. The third-order valence-electron chi connectivity index (χ3n) is 5.19. The zero-order valence-corrected chi connectivity index (χ0v) is 18.2. The van der Waals surface area contributed by atoms with Crippen molar-refractivity contribution in [2.24, 2.45) is 0 Å². The summed E-state index contributed by atoms with van der Waals surface area (Å²) >= 11 is 6.04. The van der Waals surface area contributed by atoms with Crippen LogP contribution in [0.1, 0.15) is 12.5 Å². The second-order valence-electron chi connectivity index (χ2n) is 7.46. The molecule has 8 heteroatoms. The second kappa shape index (κ2) is 9.78. The van der Waals surface area contributed by atoms with Crippen LogP contribution in [0.3, 0.4) is 0 Å². The van der Waals surface area contributed by atoms with Gasteiger partial charge in [0.25, 0.3) is 0 Å². The summed E-state index contributed by atoms with van der Waals surface area (Å²) in [6.45, 7) is 3.84.